The molecule has 11 aromatic rings. The van der Waals surface area contributed by atoms with E-state index in [2.05, 4.69) is 228 Å². The molecule has 0 aliphatic heterocycles. The van der Waals surface area contributed by atoms with E-state index in [9.17, 15) is 0 Å². The van der Waals surface area contributed by atoms with Crippen LogP contribution in [0.1, 0.15) is 22.3 Å². The predicted octanol–water partition coefficient (Wildman–Crippen LogP) is 14.9. The van der Waals surface area contributed by atoms with Gasteiger partial charge in [-0.1, -0.05) is 164 Å². The van der Waals surface area contributed by atoms with Crippen molar-refractivity contribution in [1.82, 2.24) is 4.57 Å². The van der Waals surface area contributed by atoms with E-state index in [0.717, 1.165) is 22.7 Å². The Bertz CT molecular complexity index is 3380. The van der Waals surface area contributed by atoms with Crippen molar-refractivity contribution in [1.29, 1.82) is 0 Å². The molecule has 0 N–H and O–H groups in total. The van der Waals surface area contributed by atoms with Crippen LogP contribution in [-0.2, 0) is 5.41 Å². The second kappa shape index (κ2) is 12.2. The van der Waals surface area contributed by atoms with E-state index in [1.807, 2.05) is 0 Å². The van der Waals surface area contributed by atoms with Gasteiger partial charge in [-0.3, -0.25) is 0 Å². The van der Waals surface area contributed by atoms with Gasteiger partial charge in [0, 0.05) is 32.9 Å². The van der Waals surface area contributed by atoms with Crippen molar-refractivity contribution in [2.75, 3.05) is 4.90 Å². The zero-order chi connectivity index (χ0) is 38.7. The van der Waals surface area contributed by atoms with Crippen molar-refractivity contribution < 1.29 is 0 Å². The largest absolute Gasteiger partial charge is 0.309 e. The van der Waals surface area contributed by atoms with Crippen LogP contribution in [0.2, 0.25) is 0 Å². The quantitative estimate of drug-likeness (QED) is 0.174. The third-order valence-electron chi connectivity index (χ3n) is 13.2. The average Bonchev–Trinajstić information content (AvgIpc) is 3.90. The molecule has 10 aromatic carbocycles. The molecule has 0 radical (unpaired) electrons. The first-order chi connectivity index (χ1) is 29.3. The van der Waals surface area contributed by atoms with Crippen molar-refractivity contribution in [2.45, 2.75) is 5.41 Å². The summed E-state index contributed by atoms with van der Waals surface area (Å²) in [5.74, 6) is 0. The van der Waals surface area contributed by atoms with E-state index < -0.39 is 5.41 Å². The van der Waals surface area contributed by atoms with Crippen molar-refractivity contribution in [3.05, 3.63) is 241 Å². The fourth-order valence-corrected chi connectivity index (χ4v) is 10.8. The number of fused-ring (bicyclic) bond motifs is 15. The van der Waals surface area contributed by atoms with Crippen LogP contribution in [0.25, 0.3) is 71.3 Å². The second-order valence-corrected chi connectivity index (χ2v) is 16.0. The van der Waals surface area contributed by atoms with Gasteiger partial charge in [-0.05, 0) is 110 Å². The Morgan fingerprint density at radius 1 is 0.322 bits per heavy atom. The fraction of sp³-hybridized carbons (Fsp3) is 0.0175. The lowest BCUT2D eigenvalue weighted by molar-refractivity contribution is 0.795. The maximum absolute atomic E-state index is 2.55. The summed E-state index contributed by atoms with van der Waals surface area (Å²) >= 11 is 0. The minimum atomic E-state index is -0.427. The van der Waals surface area contributed by atoms with Gasteiger partial charge in [-0.2, -0.15) is 0 Å². The second-order valence-electron chi connectivity index (χ2n) is 16.0. The summed E-state index contributed by atoms with van der Waals surface area (Å²) < 4.78 is 2.47. The molecule has 1 aromatic heterocycles. The van der Waals surface area contributed by atoms with Crippen LogP contribution >= 0.6 is 0 Å². The fourth-order valence-electron chi connectivity index (χ4n) is 10.8. The highest BCUT2D eigenvalue weighted by atomic mass is 15.1. The molecule has 0 atom stereocenters. The first-order valence-electron chi connectivity index (χ1n) is 20.5. The van der Waals surface area contributed by atoms with Gasteiger partial charge in [0.15, 0.2) is 0 Å². The Balaban J connectivity index is 1.15. The molecule has 274 valence electrons. The molecule has 59 heavy (non-hydrogen) atoms. The monoisotopic (exact) mass is 748 g/mol. The van der Waals surface area contributed by atoms with Crippen LogP contribution < -0.4 is 4.90 Å². The number of anilines is 3. The Morgan fingerprint density at radius 2 is 0.814 bits per heavy atom. The molecule has 0 bridgehead atoms. The molecule has 0 saturated heterocycles. The normalized spacial score (nSPS) is 13.2. The Hall–Kier alpha value is -7.68. The minimum absolute atomic E-state index is 0.427. The highest BCUT2D eigenvalue weighted by Crippen LogP contribution is 2.63. The van der Waals surface area contributed by atoms with Crippen molar-refractivity contribution >= 4 is 60.4 Å². The molecular formula is C57H36N2. The zero-order valence-corrected chi connectivity index (χ0v) is 32.2. The number of rotatable bonds is 4. The van der Waals surface area contributed by atoms with Crippen LogP contribution in [0.3, 0.4) is 0 Å². The highest BCUT2D eigenvalue weighted by Gasteiger charge is 2.51. The van der Waals surface area contributed by atoms with E-state index in [1.165, 1.54) is 87.9 Å². The van der Waals surface area contributed by atoms with Gasteiger partial charge >= 0.3 is 0 Å². The van der Waals surface area contributed by atoms with E-state index >= 15 is 0 Å². The molecule has 13 rings (SSSR count). The average molecular weight is 749 g/mol. The first kappa shape index (κ1) is 32.4. The highest BCUT2D eigenvalue weighted by molar-refractivity contribution is 6.14. The number of hydrogen-bond acceptors (Lipinski definition) is 1. The van der Waals surface area contributed by atoms with Crippen LogP contribution in [0, 0.1) is 0 Å². The number of aromatic nitrogens is 1. The summed E-state index contributed by atoms with van der Waals surface area (Å²) in [6.45, 7) is 0. The standard InChI is InChI=1S/C57H36N2/c1-2-20-39(21-3-1)58-55-33-32-40(59(53-30-14-18-37-16-4-6-22-41(37)53)54-31-15-19-38-17-5-7-23-42(38)54)34-47(55)48-35-52-46(36-56(48)58)45-26-10-13-29-51(45)57(52)49-27-11-8-24-43(49)44-25-9-12-28-50(44)57/h1-36H. The molecule has 0 fully saturated rings. The first-order valence-corrected chi connectivity index (χ1v) is 20.5. The summed E-state index contributed by atoms with van der Waals surface area (Å²) in [6, 6.07) is 81.1. The summed E-state index contributed by atoms with van der Waals surface area (Å²) in [6.07, 6.45) is 0. The lowest BCUT2D eigenvalue weighted by Crippen LogP contribution is -2.25. The molecule has 2 nitrogen and oxygen atoms in total. The molecule has 2 heteroatoms. The third kappa shape index (κ3) is 4.35. The third-order valence-corrected chi connectivity index (χ3v) is 13.2. The Morgan fingerprint density at radius 3 is 1.42 bits per heavy atom. The van der Waals surface area contributed by atoms with Gasteiger partial charge < -0.3 is 9.47 Å². The number of hydrogen-bond donors (Lipinski definition) is 0. The Labute approximate surface area is 342 Å². The summed E-state index contributed by atoms with van der Waals surface area (Å²) in [4.78, 5) is 2.48. The molecule has 0 unspecified atom stereocenters. The topological polar surface area (TPSA) is 8.17 Å². The summed E-state index contributed by atoms with van der Waals surface area (Å²) in [5, 5.41) is 7.33. The number of para-hydroxylation sites is 1. The van der Waals surface area contributed by atoms with Crippen molar-refractivity contribution in [3.63, 3.8) is 0 Å². The van der Waals surface area contributed by atoms with Crippen LogP contribution in [0.15, 0.2) is 218 Å². The van der Waals surface area contributed by atoms with Gasteiger partial charge in [0.25, 0.3) is 0 Å². The number of benzene rings is 10. The van der Waals surface area contributed by atoms with E-state index in [1.54, 1.807) is 0 Å². The molecule has 2 aliphatic rings. The SMILES string of the molecule is c1ccc(-n2c3ccc(N(c4cccc5ccccc45)c4cccc5ccccc45)cc3c3cc4c(cc32)-c2ccccc2C42c3ccccc3-c3ccccc32)cc1. The van der Waals surface area contributed by atoms with Crippen molar-refractivity contribution in [2.24, 2.45) is 0 Å². The van der Waals surface area contributed by atoms with Crippen LogP contribution in [0.4, 0.5) is 17.1 Å². The minimum Gasteiger partial charge on any atom is -0.309 e. The maximum Gasteiger partial charge on any atom is 0.0725 e. The molecule has 1 heterocycles. The number of nitrogens with zero attached hydrogens (tertiary/aromatic N) is 2. The van der Waals surface area contributed by atoms with Crippen molar-refractivity contribution in [3.8, 4) is 27.9 Å². The van der Waals surface area contributed by atoms with Gasteiger partial charge in [-0.25, -0.2) is 0 Å². The molecule has 1 spiro atoms. The van der Waals surface area contributed by atoms with Gasteiger partial charge in [0.05, 0.1) is 27.8 Å². The molecule has 0 saturated carbocycles. The van der Waals surface area contributed by atoms with Gasteiger partial charge in [0.2, 0.25) is 0 Å². The van der Waals surface area contributed by atoms with E-state index in [-0.39, 0.29) is 0 Å². The lowest BCUT2D eigenvalue weighted by atomic mass is 9.70. The summed E-state index contributed by atoms with van der Waals surface area (Å²) in [7, 11) is 0. The smallest absolute Gasteiger partial charge is 0.0725 e. The van der Waals surface area contributed by atoms with Gasteiger partial charge in [0.1, 0.15) is 0 Å². The molecular weight excluding hydrogens is 713 g/mol. The van der Waals surface area contributed by atoms with E-state index in [0.29, 0.717) is 0 Å². The summed E-state index contributed by atoms with van der Waals surface area (Å²) in [5.41, 5.74) is 17.2. The van der Waals surface area contributed by atoms with E-state index in [4.69, 9.17) is 0 Å². The van der Waals surface area contributed by atoms with Crippen LogP contribution in [-0.4, -0.2) is 4.57 Å². The Kier molecular flexibility index (Phi) is 6.68. The molecule has 0 amide bonds. The zero-order valence-electron chi connectivity index (χ0n) is 32.2. The lowest BCUT2D eigenvalue weighted by Gasteiger charge is -2.30. The van der Waals surface area contributed by atoms with Crippen LogP contribution in [0.5, 0.6) is 0 Å². The van der Waals surface area contributed by atoms with Gasteiger partial charge in [-0.15, -0.1) is 0 Å². The molecule has 2 aliphatic carbocycles. The maximum atomic E-state index is 2.55. The predicted molar refractivity (Wildman–Crippen MR) is 247 cm³/mol.